The summed E-state index contributed by atoms with van der Waals surface area (Å²) >= 11 is 0. The second-order valence-corrected chi connectivity index (χ2v) is 2.80. The standard InChI is InChI=1S/C9H13N3O/c1-7-2-4-8(5-3-7)12-9(13)6-11-10/h2-5,11H,6,10H2,1H3,(H,12,13). The summed E-state index contributed by atoms with van der Waals surface area (Å²) in [6.45, 7) is 2.11. The van der Waals surface area contributed by atoms with Crippen LogP contribution >= 0.6 is 0 Å². The number of nitrogens with two attached hydrogens (primary N) is 1. The van der Waals surface area contributed by atoms with Crippen molar-refractivity contribution >= 4 is 11.6 Å². The summed E-state index contributed by atoms with van der Waals surface area (Å²) in [7, 11) is 0. The first kappa shape index (κ1) is 9.70. The van der Waals surface area contributed by atoms with Crippen LogP contribution in [0.2, 0.25) is 0 Å². The van der Waals surface area contributed by atoms with E-state index in [-0.39, 0.29) is 12.5 Å². The first-order chi connectivity index (χ1) is 6.22. The molecule has 0 aliphatic carbocycles. The van der Waals surface area contributed by atoms with Crippen molar-refractivity contribution in [3.8, 4) is 0 Å². The Morgan fingerprint density at radius 3 is 2.54 bits per heavy atom. The van der Waals surface area contributed by atoms with Gasteiger partial charge in [0.15, 0.2) is 0 Å². The zero-order valence-electron chi connectivity index (χ0n) is 7.50. The zero-order valence-corrected chi connectivity index (χ0v) is 7.50. The molecule has 0 bridgehead atoms. The molecule has 4 heteroatoms. The minimum absolute atomic E-state index is 0.119. The van der Waals surface area contributed by atoms with Gasteiger partial charge >= 0.3 is 0 Å². The number of hydrogen-bond donors (Lipinski definition) is 3. The van der Waals surface area contributed by atoms with E-state index in [0.29, 0.717) is 0 Å². The number of carbonyl (C=O) groups is 1. The van der Waals surface area contributed by atoms with Gasteiger partial charge in [-0.3, -0.25) is 16.1 Å². The van der Waals surface area contributed by atoms with Crippen molar-refractivity contribution in [3.05, 3.63) is 29.8 Å². The molecule has 0 aliphatic heterocycles. The van der Waals surface area contributed by atoms with Gasteiger partial charge in [0.25, 0.3) is 0 Å². The van der Waals surface area contributed by atoms with E-state index in [4.69, 9.17) is 5.84 Å². The topological polar surface area (TPSA) is 67.2 Å². The third-order valence-corrected chi connectivity index (χ3v) is 1.60. The van der Waals surface area contributed by atoms with Gasteiger partial charge < -0.3 is 5.32 Å². The highest BCUT2D eigenvalue weighted by atomic mass is 16.2. The van der Waals surface area contributed by atoms with Crippen molar-refractivity contribution in [2.45, 2.75) is 6.92 Å². The summed E-state index contributed by atoms with van der Waals surface area (Å²) in [6, 6.07) is 7.57. The quantitative estimate of drug-likeness (QED) is 0.464. The maximum atomic E-state index is 11.0. The number of carbonyl (C=O) groups excluding carboxylic acids is 1. The molecule has 4 nitrogen and oxygen atoms in total. The van der Waals surface area contributed by atoms with E-state index in [1.165, 1.54) is 0 Å². The maximum Gasteiger partial charge on any atom is 0.239 e. The fourth-order valence-corrected chi connectivity index (χ4v) is 0.935. The number of hydrogen-bond acceptors (Lipinski definition) is 3. The van der Waals surface area contributed by atoms with Crippen LogP contribution in [0.15, 0.2) is 24.3 Å². The summed E-state index contributed by atoms with van der Waals surface area (Å²) in [5.74, 6) is 4.85. The third kappa shape index (κ3) is 3.23. The van der Waals surface area contributed by atoms with Crippen LogP contribution in [-0.4, -0.2) is 12.5 Å². The van der Waals surface area contributed by atoms with Crippen LogP contribution < -0.4 is 16.6 Å². The first-order valence-corrected chi connectivity index (χ1v) is 4.02. The minimum Gasteiger partial charge on any atom is -0.325 e. The normalized spacial score (nSPS) is 9.69. The molecule has 0 atom stereocenters. The maximum absolute atomic E-state index is 11.0. The SMILES string of the molecule is Cc1ccc(NC(=O)CNN)cc1. The van der Waals surface area contributed by atoms with E-state index in [0.717, 1.165) is 11.3 Å². The van der Waals surface area contributed by atoms with Gasteiger partial charge in [0.1, 0.15) is 0 Å². The van der Waals surface area contributed by atoms with Crippen LogP contribution in [0.3, 0.4) is 0 Å². The summed E-state index contributed by atoms with van der Waals surface area (Å²) in [6.07, 6.45) is 0. The van der Waals surface area contributed by atoms with Crippen LogP contribution in [0.4, 0.5) is 5.69 Å². The molecule has 70 valence electrons. The lowest BCUT2D eigenvalue weighted by Gasteiger charge is -2.04. The minimum atomic E-state index is -0.147. The Hall–Kier alpha value is -1.39. The Labute approximate surface area is 77.1 Å². The summed E-state index contributed by atoms with van der Waals surface area (Å²) in [5.41, 5.74) is 4.23. The monoisotopic (exact) mass is 179 g/mol. The van der Waals surface area contributed by atoms with Crippen molar-refractivity contribution in [1.82, 2.24) is 5.43 Å². The molecule has 0 spiro atoms. The Morgan fingerprint density at radius 1 is 1.38 bits per heavy atom. The van der Waals surface area contributed by atoms with Crippen molar-refractivity contribution in [2.75, 3.05) is 11.9 Å². The molecular formula is C9H13N3O. The highest BCUT2D eigenvalue weighted by molar-refractivity contribution is 5.92. The molecule has 1 aromatic carbocycles. The van der Waals surface area contributed by atoms with Gasteiger partial charge in [0, 0.05) is 5.69 Å². The molecule has 4 N–H and O–H groups in total. The molecule has 0 unspecified atom stereocenters. The smallest absolute Gasteiger partial charge is 0.239 e. The Morgan fingerprint density at radius 2 is 2.00 bits per heavy atom. The van der Waals surface area contributed by atoms with Gasteiger partial charge in [-0.05, 0) is 19.1 Å². The van der Waals surface area contributed by atoms with Crippen LogP contribution in [0.25, 0.3) is 0 Å². The number of benzene rings is 1. The Kier molecular flexibility index (Phi) is 3.42. The van der Waals surface area contributed by atoms with Crippen LogP contribution in [0, 0.1) is 6.92 Å². The number of nitrogens with one attached hydrogen (secondary N) is 2. The van der Waals surface area contributed by atoms with Crippen LogP contribution in [0.5, 0.6) is 0 Å². The fourth-order valence-electron chi connectivity index (χ4n) is 0.935. The predicted molar refractivity (Wildman–Crippen MR) is 52.0 cm³/mol. The van der Waals surface area contributed by atoms with Gasteiger partial charge in [0.05, 0.1) is 6.54 Å². The predicted octanol–water partition coefficient (Wildman–Crippen LogP) is 0.397. The van der Waals surface area contributed by atoms with E-state index in [9.17, 15) is 4.79 Å². The van der Waals surface area contributed by atoms with Crippen molar-refractivity contribution in [1.29, 1.82) is 0 Å². The van der Waals surface area contributed by atoms with Crippen LogP contribution in [0.1, 0.15) is 5.56 Å². The van der Waals surface area contributed by atoms with E-state index in [1.54, 1.807) is 0 Å². The fraction of sp³-hybridized carbons (Fsp3) is 0.222. The molecule has 1 amide bonds. The summed E-state index contributed by atoms with van der Waals surface area (Å²) < 4.78 is 0. The average molecular weight is 179 g/mol. The number of anilines is 1. The Bertz CT molecular complexity index is 281. The second-order valence-electron chi connectivity index (χ2n) is 2.80. The molecule has 0 fully saturated rings. The molecule has 0 heterocycles. The molecule has 13 heavy (non-hydrogen) atoms. The summed E-state index contributed by atoms with van der Waals surface area (Å²) in [4.78, 5) is 11.0. The highest BCUT2D eigenvalue weighted by Gasteiger charge is 1.98. The van der Waals surface area contributed by atoms with E-state index in [2.05, 4.69) is 10.7 Å². The number of rotatable bonds is 3. The first-order valence-electron chi connectivity index (χ1n) is 4.02. The molecule has 0 saturated heterocycles. The second kappa shape index (κ2) is 4.59. The van der Waals surface area contributed by atoms with Gasteiger partial charge in [0.2, 0.25) is 5.91 Å². The van der Waals surface area contributed by atoms with Crippen LogP contribution in [-0.2, 0) is 4.79 Å². The molecule has 1 aromatic rings. The largest absolute Gasteiger partial charge is 0.325 e. The lowest BCUT2D eigenvalue weighted by molar-refractivity contribution is -0.115. The van der Waals surface area contributed by atoms with E-state index in [1.807, 2.05) is 31.2 Å². The van der Waals surface area contributed by atoms with Crippen molar-refractivity contribution in [2.24, 2.45) is 5.84 Å². The molecular weight excluding hydrogens is 166 g/mol. The lowest BCUT2D eigenvalue weighted by Crippen LogP contribution is -2.32. The average Bonchev–Trinajstić information content (AvgIpc) is 2.09. The van der Waals surface area contributed by atoms with Gasteiger partial charge in [-0.15, -0.1) is 0 Å². The van der Waals surface area contributed by atoms with Crippen molar-refractivity contribution in [3.63, 3.8) is 0 Å². The zero-order chi connectivity index (χ0) is 9.68. The number of amides is 1. The third-order valence-electron chi connectivity index (χ3n) is 1.60. The summed E-state index contributed by atoms with van der Waals surface area (Å²) in [5, 5.41) is 2.69. The lowest BCUT2D eigenvalue weighted by atomic mass is 10.2. The molecule has 0 saturated carbocycles. The number of aryl methyl sites for hydroxylation is 1. The molecule has 0 radical (unpaired) electrons. The van der Waals surface area contributed by atoms with E-state index < -0.39 is 0 Å². The van der Waals surface area contributed by atoms with E-state index >= 15 is 0 Å². The van der Waals surface area contributed by atoms with Gasteiger partial charge in [-0.2, -0.15) is 0 Å². The van der Waals surface area contributed by atoms with Gasteiger partial charge in [-0.25, -0.2) is 0 Å². The Balaban J connectivity index is 2.54. The molecule has 0 aromatic heterocycles. The van der Waals surface area contributed by atoms with Gasteiger partial charge in [-0.1, -0.05) is 17.7 Å². The van der Waals surface area contributed by atoms with Crippen molar-refractivity contribution < 1.29 is 4.79 Å². The molecule has 1 rings (SSSR count). The molecule has 0 aliphatic rings. The number of hydrazine groups is 1. The highest BCUT2D eigenvalue weighted by Crippen LogP contribution is 2.07.